The third-order valence-corrected chi connectivity index (χ3v) is 4.36. The number of aliphatic hydroxyl groups excluding tert-OH is 1. The molecule has 1 amide bonds. The van der Waals surface area contributed by atoms with Crippen molar-refractivity contribution in [1.82, 2.24) is 15.0 Å². The second-order valence-corrected chi connectivity index (χ2v) is 7.53. The number of rotatable bonds is 4. The van der Waals surface area contributed by atoms with Crippen LogP contribution in [-0.4, -0.2) is 51.5 Å². The lowest BCUT2D eigenvalue weighted by Gasteiger charge is -2.25. The Bertz CT molecular complexity index is 562. The molecule has 0 spiro atoms. The molecule has 23 heavy (non-hydrogen) atoms. The number of likely N-dealkylation sites (tertiary alicyclic amines) is 1. The van der Waals surface area contributed by atoms with Gasteiger partial charge in [-0.1, -0.05) is 5.16 Å². The molecule has 1 N–H and O–H groups in total. The van der Waals surface area contributed by atoms with Crippen molar-refractivity contribution < 1.29 is 19.2 Å². The average Bonchev–Trinajstić information content (AvgIpc) is 3.00. The van der Waals surface area contributed by atoms with Crippen LogP contribution < -0.4 is 0 Å². The van der Waals surface area contributed by atoms with Crippen LogP contribution in [0, 0.1) is 5.92 Å². The standard InChI is InChI=1S/C16H25N3O4/c1-16(2,3)22-15(21)19-7-6-11(8-19)12(9-20)14-17-13(18-23-14)10-4-5-10/h10-12,20H,4-9H2,1-3H3/t11-,12+/m0/s1. The van der Waals surface area contributed by atoms with E-state index in [0.717, 1.165) is 25.1 Å². The van der Waals surface area contributed by atoms with E-state index in [1.54, 1.807) is 4.90 Å². The summed E-state index contributed by atoms with van der Waals surface area (Å²) < 4.78 is 10.8. The molecule has 7 heteroatoms. The highest BCUT2D eigenvalue weighted by Gasteiger charge is 2.38. The van der Waals surface area contributed by atoms with E-state index in [-0.39, 0.29) is 24.5 Å². The number of hydrogen-bond donors (Lipinski definition) is 1. The first-order chi connectivity index (χ1) is 10.9. The number of amides is 1. The van der Waals surface area contributed by atoms with Gasteiger partial charge in [0.25, 0.3) is 0 Å². The van der Waals surface area contributed by atoms with Crippen LogP contribution in [0.5, 0.6) is 0 Å². The summed E-state index contributed by atoms with van der Waals surface area (Å²) in [5.74, 6) is 1.56. The van der Waals surface area contributed by atoms with Crippen LogP contribution >= 0.6 is 0 Å². The Morgan fingerprint density at radius 1 is 1.43 bits per heavy atom. The predicted octanol–water partition coefficient (Wildman–Crippen LogP) is 2.28. The Morgan fingerprint density at radius 3 is 2.78 bits per heavy atom. The third-order valence-electron chi connectivity index (χ3n) is 4.36. The fraction of sp³-hybridized carbons (Fsp3) is 0.812. The quantitative estimate of drug-likeness (QED) is 0.914. The Hall–Kier alpha value is -1.63. The Morgan fingerprint density at radius 2 is 2.17 bits per heavy atom. The molecule has 0 unspecified atom stereocenters. The maximum absolute atomic E-state index is 12.1. The molecule has 7 nitrogen and oxygen atoms in total. The second-order valence-electron chi connectivity index (χ2n) is 7.53. The number of nitrogens with zero attached hydrogens (tertiary/aromatic N) is 3. The summed E-state index contributed by atoms with van der Waals surface area (Å²) in [6.07, 6.45) is 2.71. The lowest BCUT2D eigenvalue weighted by molar-refractivity contribution is 0.0282. The summed E-state index contributed by atoms with van der Waals surface area (Å²) >= 11 is 0. The van der Waals surface area contributed by atoms with Crippen molar-refractivity contribution in [3.63, 3.8) is 0 Å². The number of hydrogen-bond acceptors (Lipinski definition) is 6. The summed E-state index contributed by atoms with van der Waals surface area (Å²) in [7, 11) is 0. The van der Waals surface area contributed by atoms with Crippen LogP contribution in [0.2, 0.25) is 0 Å². The maximum Gasteiger partial charge on any atom is 0.410 e. The van der Waals surface area contributed by atoms with E-state index in [9.17, 15) is 9.90 Å². The van der Waals surface area contributed by atoms with E-state index in [4.69, 9.17) is 9.26 Å². The molecular weight excluding hydrogens is 298 g/mol. The van der Waals surface area contributed by atoms with Crippen molar-refractivity contribution in [2.24, 2.45) is 5.92 Å². The summed E-state index contributed by atoms with van der Waals surface area (Å²) in [6, 6.07) is 0. The highest BCUT2D eigenvalue weighted by atomic mass is 16.6. The van der Waals surface area contributed by atoms with E-state index >= 15 is 0 Å². The first kappa shape index (κ1) is 16.2. The van der Waals surface area contributed by atoms with Crippen molar-refractivity contribution in [3.05, 3.63) is 11.7 Å². The average molecular weight is 323 g/mol. The van der Waals surface area contributed by atoms with E-state index in [2.05, 4.69) is 10.1 Å². The molecule has 2 fully saturated rings. The van der Waals surface area contributed by atoms with E-state index in [0.29, 0.717) is 24.9 Å². The molecule has 0 radical (unpaired) electrons. The minimum absolute atomic E-state index is 0.0564. The molecule has 1 saturated heterocycles. The van der Waals surface area contributed by atoms with Crippen LogP contribution in [0.3, 0.4) is 0 Å². The molecule has 2 heterocycles. The van der Waals surface area contributed by atoms with E-state index < -0.39 is 5.60 Å². The molecule has 1 aromatic heterocycles. The monoisotopic (exact) mass is 323 g/mol. The van der Waals surface area contributed by atoms with Gasteiger partial charge >= 0.3 is 6.09 Å². The van der Waals surface area contributed by atoms with Gasteiger partial charge in [0.05, 0.1) is 12.5 Å². The number of carbonyl (C=O) groups excluding carboxylic acids is 1. The summed E-state index contributed by atoms with van der Waals surface area (Å²) in [5, 5.41) is 13.8. The fourth-order valence-electron chi connectivity index (χ4n) is 2.94. The smallest absolute Gasteiger partial charge is 0.410 e. The van der Waals surface area contributed by atoms with Crippen molar-refractivity contribution >= 4 is 6.09 Å². The van der Waals surface area contributed by atoms with Gasteiger partial charge in [-0.3, -0.25) is 0 Å². The number of aliphatic hydroxyl groups is 1. The lowest BCUT2D eigenvalue weighted by Crippen LogP contribution is -2.35. The molecule has 128 valence electrons. The van der Waals surface area contributed by atoms with Gasteiger partial charge < -0.3 is 19.3 Å². The maximum atomic E-state index is 12.1. The van der Waals surface area contributed by atoms with Gasteiger partial charge in [-0.15, -0.1) is 0 Å². The molecule has 1 aliphatic heterocycles. The van der Waals surface area contributed by atoms with Crippen molar-refractivity contribution in [3.8, 4) is 0 Å². The second kappa shape index (κ2) is 6.11. The Balaban J connectivity index is 1.62. The highest BCUT2D eigenvalue weighted by Crippen LogP contribution is 2.39. The highest BCUT2D eigenvalue weighted by molar-refractivity contribution is 5.68. The molecule has 1 aliphatic carbocycles. The number of aromatic nitrogens is 2. The van der Waals surface area contributed by atoms with Gasteiger partial charge in [-0.2, -0.15) is 4.98 Å². The minimum Gasteiger partial charge on any atom is -0.444 e. The molecule has 2 atom stereocenters. The predicted molar refractivity (Wildman–Crippen MR) is 82.0 cm³/mol. The number of ether oxygens (including phenoxy) is 1. The van der Waals surface area contributed by atoms with Crippen LogP contribution in [0.1, 0.15) is 63.6 Å². The summed E-state index contributed by atoms with van der Waals surface area (Å²) in [4.78, 5) is 18.3. The van der Waals surface area contributed by atoms with Crippen molar-refractivity contribution in [2.75, 3.05) is 19.7 Å². The van der Waals surface area contributed by atoms with Crippen molar-refractivity contribution in [1.29, 1.82) is 0 Å². The number of carbonyl (C=O) groups is 1. The minimum atomic E-state index is -0.503. The van der Waals surface area contributed by atoms with Crippen molar-refractivity contribution in [2.45, 2.75) is 57.5 Å². The zero-order chi connectivity index (χ0) is 16.6. The molecule has 2 aliphatic rings. The zero-order valence-corrected chi connectivity index (χ0v) is 14.0. The van der Waals surface area contributed by atoms with Gasteiger partial charge in [-0.05, 0) is 46.0 Å². The first-order valence-corrected chi connectivity index (χ1v) is 8.29. The van der Waals surface area contributed by atoms with Gasteiger partial charge in [0.1, 0.15) is 5.60 Å². The third kappa shape index (κ3) is 3.83. The zero-order valence-electron chi connectivity index (χ0n) is 14.0. The Kier molecular flexibility index (Phi) is 4.31. The molecule has 1 aromatic rings. The van der Waals surface area contributed by atoms with Crippen LogP contribution in [-0.2, 0) is 4.74 Å². The van der Waals surface area contributed by atoms with Crippen LogP contribution in [0.4, 0.5) is 4.79 Å². The lowest BCUT2D eigenvalue weighted by atomic mass is 9.92. The van der Waals surface area contributed by atoms with Gasteiger partial charge in [-0.25, -0.2) is 4.79 Å². The van der Waals surface area contributed by atoms with Gasteiger partial charge in [0.15, 0.2) is 5.82 Å². The van der Waals surface area contributed by atoms with Gasteiger partial charge in [0, 0.05) is 19.0 Å². The Labute approximate surface area is 136 Å². The first-order valence-electron chi connectivity index (χ1n) is 8.29. The topological polar surface area (TPSA) is 88.7 Å². The fourth-order valence-corrected chi connectivity index (χ4v) is 2.94. The van der Waals surface area contributed by atoms with E-state index in [1.165, 1.54) is 0 Å². The molecule has 0 aromatic carbocycles. The van der Waals surface area contributed by atoms with Crippen LogP contribution in [0.25, 0.3) is 0 Å². The SMILES string of the molecule is CC(C)(C)OC(=O)N1CC[C@H]([C@@H](CO)c2nc(C3CC3)no2)C1. The molecule has 0 bridgehead atoms. The normalized spacial score (nSPS) is 23.1. The summed E-state index contributed by atoms with van der Waals surface area (Å²) in [5.41, 5.74) is -0.503. The van der Waals surface area contributed by atoms with E-state index in [1.807, 2.05) is 20.8 Å². The molecule has 3 rings (SSSR count). The summed E-state index contributed by atoms with van der Waals surface area (Å²) in [6.45, 7) is 6.67. The largest absolute Gasteiger partial charge is 0.444 e. The van der Waals surface area contributed by atoms with Crippen LogP contribution in [0.15, 0.2) is 4.52 Å². The van der Waals surface area contributed by atoms with Gasteiger partial charge in [0.2, 0.25) is 5.89 Å². The molecule has 1 saturated carbocycles. The molecular formula is C16H25N3O4.